The summed E-state index contributed by atoms with van der Waals surface area (Å²) in [7, 11) is 3.89. The molecule has 0 radical (unpaired) electrons. The highest BCUT2D eigenvalue weighted by molar-refractivity contribution is 5.73. The Morgan fingerprint density at radius 3 is 2.71 bits per heavy atom. The quantitative estimate of drug-likeness (QED) is 0.613. The number of likely N-dealkylation sites (N-methyl/N-ethyl adjacent to an activating group) is 1. The number of carbonyl (C=O) groups is 1. The van der Waals surface area contributed by atoms with Crippen LogP contribution in [0.1, 0.15) is 19.3 Å². The van der Waals surface area contributed by atoms with Gasteiger partial charge in [-0.25, -0.2) is 4.79 Å². The Morgan fingerprint density at radius 2 is 2.00 bits per heavy atom. The lowest BCUT2D eigenvalue weighted by molar-refractivity contribution is 0.190. The summed E-state index contributed by atoms with van der Waals surface area (Å²) in [5.74, 6) is 0. The molecule has 2 bridgehead atoms. The van der Waals surface area contributed by atoms with E-state index < -0.39 is 0 Å². The molecule has 2 amide bonds. The molecule has 2 atom stereocenters. The minimum Gasteiger partial charge on any atom is -0.341 e. The first kappa shape index (κ1) is 9.77. The van der Waals surface area contributed by atoms with Gasteiger partial charge in [0.2, 0.25) is 0 Å². The monoisotopic (exact) mass is 197 g/mol. The summed E-state index contributed by atoms with van der Waals surface area (Å²) in [6, 6.07) is 1.36. The number of likely N-dealkylation sites (tertiary alicyclic amines) is 1. The van der Waals surface area contributed by atoms with E-state index in [2.05, 4.69) is 17.3 Å². The van der Waals surface area contributed by atoms with Crippen LogP contribution in [0.15, 0.2) is 0 Å². The largest absolute Gasteiger partial charge is 0.341 e. The predicted octanol–water partition coefficient (Wildman–Crippen LogP) is 0.494. The lowest BCUT2D eigenvalue weighted by Crippen LogP contribution is -2.43. The number of hydrogen-bond donors (Lipinski definition) is 1. The molecule has 2 aliphatic heterocycles. The zero-order valence-corrected chi connectivity index (χ0v) is 8.99. The summed E-state index contributed by atoms with van der Waals surface area (Å²) in [4.78, 5) is 15.9. The normalized spacial score (nSPS) is 32.9. The molecule has 0 aromatic heterocycles. The van der Waals surface area contributed by atoms with E-state index >= 15 is 0 Å². The minimum absolute atomic E-state index is 0.0750. The number of fused-ring (bicyclic) bond motifs is 2. The van der Waals surface area contributed by atoms with Crippen LogP contribution in [0.4, 0.5) is 4.79 Å². The van der Waals surface area contributed by atoms with Crippen LogP contribution in [0.25, 0.3) is 0 Å². The van der Waals surface area contributed by atoms with Gasteiger partial charge in [0.05, 0.1) is 0 Å². The highest BCUT2D eigenvalue weighted by atomic mass is 16.2. The van der Waals surface area contributed by atoms with Gasteiger partial charge in [0.25, 0.3) is 0 Å². The second-order valence-electron chi connectivity index (χ2n) is 4.34. The van der Waals surface area contributed by atoms with Gasteiger partial charge >= 0.3 is 6.03 Å². The second-order valence-corrected chi connectivity index (χ2v) is 4.34. The Bertz CT molecular complexity index is 231. The Morgan fingerprint density at radius 1 is 1.29 bits per heavy atom. The van der Waals surface area contributed by atoms with Crippen LogP contribution < -0.4 is 5.32 Å². The van der Waals surface area contributed by atoms with Crippen molar-refractivity contribution in [1.29, 1.82) is 0 Å². The zero-order valence-electron chi connectivity index (χ0n) is 8.99. The standard InChI is InChI=1S/C10H19N3O/c1-11-10(14)13-6-5-8-3-4-9(7-13)12(8)2/h8-9H,3-7H2,1-2H3,(H,11,14). The van der Waals surface area contributed by atoms with Crippen molar-refractivity contribution in [3.63, 3.8) is 0 Å². The van der Waals surface area contributed by atoms with E-state index in [9.17, 15) is 4.79 Å². The molecule has 2 aliphatic rings. The van der Waals surface area contributed by atoms with E-state index in [1.54, 1.807) is 7.05 Å². The molecule has 0 aromatic rings. The molecule has 4 heteroatoms. The fraction of sp³-hybridized carbons (Fsp3) is 0.900. The molecule has 2 heterocycles. The fourth-order valence-electron chi connectivity index (χ4n) is 2.65. The van der Waals surface area contributed by atoms with Gasteiger partial charge in [-0.15, -0.1) is 0 Å². The maximum atomic E-state index is 11.5. The molecule has 2 rings (SSSR count). The third-order valence-electron chi connectivity index (χ3n) is 3.65. The lowest BCUT2D eigenvalue weighted by Gasteiger charge is -2.25. The highest BCUT2D eigenvalue weighted by Crippen LogP contribution is 2.28. The molecular weight excluding hydrogens is 178 g/mol. The van der Waals surface area contributed by atoms with Gasteiger partial charge in [0.15, 0.2) is 0 Å². The molecule has 0 aliphatic carbocycles. The topological polar surface area (TPSA) is 35.6 Å². The third-order valence-corrected chi connectivity index (χ3v) is 3.65. The summed E-state index contributed by atoms with van der Waals surface area (Å²) in [6.07, 6.45) is 3.68. The smallest absolute Gasteiger partial charge is 0.317 e. The SMILES string of the molecule is CNC(=O)N1CCC2CCC(C1)N2C. The van der Waals surface area contributed by atoms with Crippen molar-refractivity contribution in [2.45, 2.75) is 31.3 Å². The van der Waals surface area contributed by atoms with Gasteiger partial charge in [-0.1, -0.05) is 0 Å². The second kappa shape index (κ2) is 3.77. The summed E-state index contributed by atoms with van der Waals surface area (Å²) >= 11 is 0. The van der Waals surface area contributed by atoms with Gasteiger partial charge in [-0.3, -0.25) is 4.90 Å². The number of urea groups is 1. The van der Waals surface area contributed by atoms with Gasteiger partial charge in [0, 0.05) is 32.2 Å². The maximum Gasteiger partial charge on any atom is 0.317 e. The molecule has 14 heavy (non-hydrogen) atoms. The molecule has 0 spiro atoms. The van der Waals surface area contributed by atoms with Crippen molar-refractivity contribution in [2.75, 3.05) is 27.2 Å². The van der Waals surface area contributed by atoms with Crippen LogP contribution in [-0.2, 0) is 0 Å². The Kier molecular flexibility index (Phi) is 2.63. The van der Waals surface area contributed by atoms with Crippen LogP contribution in [-0.4, -0.2) is 55.1 Å². The summed E-state index contributed by atoms with van der Waals surface area (Å²) < 4.78 is 0. The first-order valence-electron chi connectivity index (χ1n) is 5.41. The fourth-order valence-corrected chi connectivity index (χ4v) is 2.65. The average Bonchev–Trinajstić information content (AvgIpc) is 2.40. The number of nitrogens with zero attached hydrogens (tertiary/aromatic N) is 2. The Labute approximate surface area is 85.2 Å². The van der Waals surface area contributed by atoms with Crippen molar-refractivity contribution >= 4 is 6.03 Å². The molecule has 2 unspecified atom stereocenters. The summed E-state index contributed by atoms with van der Waals surface area (Å²) in [5, 5.41) is 2.71. The van der Waals surface area contributed by atoms with E-state index in [1.165, 1.54) is 12.8 Å². The molecule has 1 N–H and O–H groups in total. The lowest BCUT2D eigenvalue weighted by atomic mass is 10.1. The van der Waals surface area contributed by atoms with Crippen LogP contribution >= 0.6 is 0 Å². The van der Waals surface area contributed by atoms with Crippen molar-refractivity contribution in [1.82, 2.24) is 15.1 Å². The summed E-state index contributed by atoms with van der Waals surface area (Å²) in [6.45, 7) is 1.80. The van der Waals surface area contributed by atoms with Crippen LogP contribution in [0.5, 0.6) is 0 Å². The Balaban J connectivity index is 2.03. The first-order chi connectivity index (χ1) is 6.72. The zero-order chi connectivity index (χ0) is 10.1. The van der Waals surface area contributed by atoms with E-state index in [1.807, 2.05) is 4.90 Å². The van der Waals surface area contributed by atoms with E-state index in [0.717, 1.165) is 19.5 Å². The molecule has 80 valence electrons. The van der Waals surface area contributed by atoms with Crippen molar-refractivity contribution in [2.24, 2.45) is 0 Å². The molecule has 2 saturated heterocycles. The van der Waals surface area contributed by atoms with Gasteiger partial charge in [0.1, 0.15) is 0 Å². The van der Waals surface area contributed by atoms with Gasteiger partial charge in [-0.05, 0) is 26.3 Å². The average molecular weight is 197 g/mol. The number of rotatable bonds is 0. The molecule has 2 fully saturated rings. The molecule has 4 nitrogen and oxygen atoms in total. The molecule has 0 aromatic carbocycles. The first-order valence-corrected chi connectivity index (χ1v) is 5.41. The van der Waals surface area contributed by atoms with Crippen molar-refractivity contribution < 1.29 is 4.79 Å². The summed E-state index contributed by atoms with van der Waals surface area (Å²) in [5.41, 5.74) is 0. The number of amides is 2. The van der Waals surface area contributed by atoms with Crippen LogP contribution in [0.2, 0.25) is 0 Å². The molecular formula is C10H19N3O. The highest BCUT2D eigenvalue weighted by Gasteiger charge is 2.35. The van der Waals surface area contributed by atoms with E-state index in [0.29, 0.717) is 12.1 Å². The third kappa shape index (κ3) is 1.59. The van der Waals surface area contributed by atoms with Crippen LogP contribution in [0.3, 0.4) is 0 Å². The maximum absolute atomic E-state index is 11.5. The Hall–Kier alpha value is -0.770. The number of carbonyl (C=O) groups excluding carboxylic acids is 1. The van der Waals surface area contributed by atoms with Gasteiger partial charge < -0.3 is 10.2 Å². The number of hydrogen-bond acceptors (Lipinski definition) is 2. The van der Waals surface area contributed by atoms with E-state index in [-0.39, 0.29) is 6.03 Å². The number of nitrogens with one attached hydrogen (secondary N) is 1. The van der Waals surface area contributed by atoms with Crippen molar-refractivity contribution in [3.05, 3.63) is 0 Å². The van der Waals surface area contributed by atoms with Crippen LogP contribution in [0, 0.1) is 0 Å². The predicted molar refractivity (Wildman–Crippen MR) is 55.2 cm³/mol. The van der Waals surface area contributed by atoms with E-state index in [4.69, 9.17) is 0 Å². The molecule has 0 saturated carbocycles. The van der Waals surface area contributed by atoms with Gasteiger partial charge in [-0.2, -0.15) is 0 Å². The minimum atomic E-state index is 0.0750. The van der Waals surface area contributed by atoms with Crippen molar-refractivity contribution in [3.8, 4) is 0 Å².